The van der Waals surface area contributed by atoms with Gasteiger partial charge in [0, 0.05) is 24.6 Å². The molecule has 0 spiro atoms. The van der Waals surface area contributed by atoms with Crippen molar-refractivity contribution in [2.75, 3.05) is 30.8 Å². The molecule has 1 aliphatic carbocycles. The van der Waals surface area contributed by atoms with Crippen LogP contribution in [-0.2, 0) is 0 Å². The Morgan fingerprint density at radius 1 is 1.10 bits per heavy atom. The van der Waals surface area contributed by atoms with Gasteiger partial charge in [0.25, 0.3) is 0 Å². The van der Waals surface area contributed by atoms with Gasteiger partial charge >= 0.3 is 0 Å². The molecule has 1 heterocycles. The number of aliphatic hydroxyl groups excluding tert-OH is 1. The molecule has 2 rings (SSSR count). The highest BCUT2D eigenvalue weighted by atomic mass is 16.3. The Hall–Kier alpha value is -1.36. The van der Waals surface area contributed by atoms with Gasteiger partial charge in [0.1, 0.15) is 17.5 Å². The highest BCUT2D eigenvalue weighted by Gasteiger charge is 2.31. The van der Waals surface area contributed by atoms with Gasteiger partial charge < -0.3 is 15.7 Å². The average molecular weight is 278 g/mol. The normalized spacial score (nSPS) is 17.8. The molecule has 3 N–H and O–H groups in total. The van der Waals surface area contributed by atoms with Crippen LogP contribution in [0.1, 0.15) is 43.5 Å². The molecule has 112 valence electrons. The zero-order chi connectivity index (χ0) is 14.6. The molecule has 0 amide bonds. The minimum atomic E-state index is 0.0172. The fourth-order valence-corrected chi connectivity index (χ4v) is 3.01. The SMILES string of the molecule is CNc1nc(C)nc(NCC2(CO)CCCCC2)c1C. The summed E-state index contributed by atoms with van der Waals surface area (Å²) < 4.78 is 0. The van der Waals surface area contributed by atoms with Gasteiger partial charge in [0.05, 0.1) is 6.61 Å². The van der Waals surface area contributed by atoms with Crippen molar-refractivity contribution in [2.24, 2.45) is 5.41 Å². The minimum absolute atomic E-state index is 0.0172. The zero-order valence-corrected chi connectivity index (χ0v) is 12.8. The molecule has 0 bridgehead atoms. The van der Waals surface area contributed by atoms with Gasteiger partial charge in [-0.3, -0.25) is 0 Å². The van der Waals surface area contributed by atoms with Crippen LogP contribution < -0.4 is 10.6 Å². The van der Waals surface area contributed by atoms with E-state index in [4.69, 9.17) is 0 Å². The van der Waals surface area contributed by atoms with E-state index in [1.54, 1.807) is 0 Å². The quantitative estimate of drug-likeness (QED) is 0.772. The van der Waals surface area contributed by atoms with Crippen LogP contribution in [0.2, 0.25) is 0 Å². The predicted octanol–water partition coefficient (Wildman–Crippen LogP) is 2.49. The van der Waals surface area contributed by atoms with Crippen molar-refractivity contribution in [1.82, 2.24) is 9.97 Å². The van der Waals surface area contributed by atoms with Crippen LogP contribution in [0, 0.1) is 19.3 Å². The lowest BCUT2D eigenvalue weighted by atomic mass is 9.74. The highest BCUT2D eigenvalue weighted by Crippen LogP contribution is 2.36. The molecule has 1 aliphatic rings. The van der Waals surface area contributed by atoms with E-state index in [-0.39, 0.29) is 12.0 Å². The first-order valence-corrected chi connectivity index (χ1v) is 7.48. The smallest absolute Gasteiger partial charge is 0.134 e. The monoisotopic (exact) mass is 278 g/mol. The first-order chi connectivity index (χ1) is 9.60. The fourth-order valence-electron chi connectivity index (χ4n) is 3.01. The molecular weight excluding hydrogens is 252 g/mol. The van der Waals surface area contributed by atoms with Gasteiger partial charge in [-0.05, 0) is 26.7 Å². The first-order valence-electron chi connectivity index (χ1n) is 7.48. The van der Waals surface area contributed by atoms with Crippen LogP contribution >= 0.6 is 0 Å². The Morgan fingerprint density at radius 3 is 2.35 bits per heavy atom. The van der Waals surface area contributed by atoms with E-state index < -0.39 is 0 Å². The maximum Gasteiger partial charge on any atom is 0.134 e. The van der Waals surface area contributed by atoms with Crippen molar-refractivity contribution >= 4 is 11.6 Å². The summed E-state index contributed by atoms with van der Waals surface area (Å²) in [5.41, 5.74) is 1.05. The molecule has 0 unspecified atom stereocenters. The van der Waals surface area contributed by atoms with E-state index in [0.717, 1.165) is 42.4 Å². The number of hydrogen-bond acceptors (Lipinski definition) is 5. The molecule has 0 radical (unpaired) electrons. The fraction of sp³-hybridized carbons (Fsp3) is 0.733. The molecule has 5 nitrogen and oxygen atoms in total. The largest absolute Gasteiger partial charge is 0.396 e. The maximum absolute atomic E-state index is 9.76. The number of nitrogens with zero attached hydrogens (tertiary/aromatic N) is 2. The number of rotatable bonds is 5. The molecule has 5 heteroatoms. The lowest BCUT2D eigenvalue weighted by Crippen LogP contribution is -2.36. The average Bonchev–Trinajstić information content (AvgIpc) is 2.48. The van der Waals surface area contributed by atoms with Gasteiger partial charge in [-0.25, -0.2) is 9.97 Å². The Labute approximate surface area is 121 Å². The molecule has 0 aromatic carbocycles. The summed E-state index contributed by atoms with van der Waals surface area (Å²) in [5, 5.41) is 16.3. The Morgan fingerprint density at radius 2 is 1.75 bits per heavy atom. The summed E-state index contributed by atoms with van der Waals surface area (Å²) in [4.78, 5) is 8.86. The van der Waals surface area contributed by atoms with Gasteiger partial charge in [0.2, 0.25) is 0 Å². The van der Waals surface area contributed by atoms with Gasteiger partial charge in [-0.15, -0.1) is 0 Å². The van der Waals surface area contributed by atoms with Crippen LogP contribution in [0.25, 0.3) is 0 Å². The van der Waals surface area contributed by atoms with Gasteiger partial charge in [-0.1, -0.05) is 19.3 Å². The van der Waals surface area contributed by atoms with Crippen molar-refractivity contribution in [1.29, 1.82) is 0 Å². The summed E-state index contributed by atoms with van der Waals surface area (Å²) in [7, 11) is 1.87. The Kier molecular flexibility index (Phi) is 4.81. The molecule has 1 aromatic heterocycles. The van der Waals surface area contributed by atoms with Crippen LogP contribution in [0.3, 0.4) is 0 Å². The van der Waals surface area contributed by atoms with E-state index in [9.17, 15) is 5.11 Å². The lowest BCUT2D eigenvalue weighted by molar-refractivity contribution is 0.0943. The second-order valence-electron chi connectivity index (χ2n) is 5.92. The van der Waals surface area contributed by atoms with E-state index in [2.05, 4.69) is 20.6 Å². The van der Waals surface area contributed by atoms with E-state index >= 15 is 0 Å². The standard InChI is InChI=1S/C15H26N4O/c1-11-13(16-3)18-12(2)19-14(11)17-9-15(10-20)7-5-4-6-8-15/h20H,4-10H2,1-3H3,(H2,16,17,18,19). The molecule has 1 saturated carbocycles. The number of nitrogens with one attached hydrogen (secondary N) is 2. The van der Waals surface area contributed by atoms with E-state index in [1.807, 2.05) is 20.9 Å². The molecule has 1 fully saturated rings. The zero-order valence-electron chi connectivity index (χ0n) is 12.8. The third-order valence-corrected chi connectivity index (χ3v) is 4.37. The van der Waals surface area contributed by atoms with Crippen LogP contribution in [0.5, 0.6) is 0 Å². The minimum Gasteiger partial charge on any atom is -0.396 e. The van der Waals surface area contributed by atoms with Crippen molar-refractivity contribution < 1.29 is 5.11 Å². The van der Waals surface area contributed by atoms with Crippen molar-refractivity contribution in [2.45, 2.75) is 46.0 Å². The van der Waals surface area contributed by atoms with Crippen LogP contribution in [0.4, 0.5) is 11.6 Å². The predicted molar refractivity (Wildman–Crippen MR) is 82.1 cm³/mol. The molecule has 20 heavy (non-hydrogen) atoms. The third kappa shape index (κ3) is 3.20. The Balaban J connectivity index is 2.11. The van der Waals surface area contributed by atoms with Gasteiger partial charge in [0.15, 0.2) is 0 Å². The molecule has 0 atom stereocenters. The number of aliphatic hydroxyl groups is 1. The van der Waals surface area contributed by atoms with Gasteiger partial charge in [-0.2, -0.15) is 0 Å². The Bertz CT molecular complexity index is 455. The van der Waals surface area contributed by atoms with Crippen LogP contribution in [0.15, 0.2) is 0 Å². The highest BCUT2D eigenvalue weighted by molar-refractivity contribution is 5.57. The number of aromatic nitrogens is 2. The van der Waals surface area contributed by atoms with E-state index in [0.29, 0.717) is 0 Å². The number of anilines is 2. The summed E-state index contributed by atoms with van der Waals surface area (Å²) in [5.74, 6) is 2.49. The molecule has 0 saturated heterocycles. The summed E-state index contributed by atoms with van der Waals surface area (Å²) >= 11 is 0. The molecule has 0 aliphatic heterocycles. The van der Waals surface area contributed by atoms with Crippen molar-refractivity contribution in [3.63, 3.8) is 0 Å². The second-order valence-corrected chi connectivity index (χ2v) is 5.92. The summed E-state index contributed by atoms with van der Waals surface area (Å²) in [6.07, 6.45) is 5.91. The topological polar surface area (TPSA) is 70.1 Å². The van der Waals surface area contributed by atoms with Crippen LogP contribution in [-0.4, -0.2) is 35.3 Å². The lowest BCUT2D eigenvalue weighted by Gasteiger charge is -2.36. The summed E-state index contributed by atoms with van der Waals surface area (Å²) in [6, 6.07) is 0. The number of aryl methyl sites for hydroxylation is 1. The summed E-state index contributed by atoms with van der Waals surface area (Å²) in [6.45, 7) is 4.94. The first kappa shape index (κ1) is 15.0. The van der Waals surface area contributed by atoms with Crippen molar-refractivity contribution in [3.8, 4) is 0 Å². The molecule has 1 aromatic rings. The second kappa shape index (κ2) is 6.39. The number of hydrogen-bond donors (Lipinski definition) is 3. The third-order valence-electron chi connectivity index (χ3n) is 4.37. The van der Waals surface area contributed by atoms with E-state index in [1.165, 1.54) is 19.3 Å². The molecular formula is C15H26N4O. The maximum atomic E-state index is 9.76. The van der Waals surface area contributed by atoms with Crippen molar-refractivity contribution in [3.05, 3.63) is 11.4 Å².